The molecule has 0 saturated heterocycles. The van der Waals surface area contributed by atoms with Gasteiger partial charge >= 0.3 is 0 Å². The molecular formula is C24H20FN3OS. The number of anilines is 1. The van der Waals surface area contributed by atoms with Gasteiger partial charge in [0.2, 0.25) is 5.91 Å². The molecule has 4 nitrogen and oxygen atoms in total. The molecule has 0 radical (unpaired) electrons. The van der Waals surface area contributed by atoms with Gasteiger partial charge in [-0.3, -0.25) is 9.36 Å². The van der Waals surface area contributed by atoms with E-state index < -0.39 is 0 Å². The summed E-state index contributed by atoms with van der Waals surface area (Å²) in [7, 11) is 0. The SMILES string of the molecule is Cc1ccc(NC(=O)CSc2ncc(-c3ccccc3)n2-c2ccc(F)cc2)cc1. The molecule has 1 heterocycles. The Morgan fingerprint density at radius 1 is 1.00 bits per heavy atom. The second-order valence-electron chi connectivity index (χ2n) is 6.81. The lowest BCUT2D eigenvalue weighted by molar-refractivity contribution is -0.113. The first kappa shape index (κ1) is 19.9. The maximum Gasteiger partial charge on any atom is 0.234 e. The van der Waals surface area contributed by atoms with Gasteiger partial charge < -0.3 is 5.32 Å². The van der Waals surface area contributed by atoms with E-state index in [-0.39, 0.29) is 17.5 Å². The van der Waals surface area contributed by atoms with Gasteiger partial charge in [0.15, 0.2) is 5.16 Å². The molecule has 30 heavy (non-hydrogen) atoms. The first-order chi connectivity index (χ1) is 14.6. The molecule has 0 aliphatic heterocycles. The number of carbonyl (C=O) groups excluding carboxylic acids is 1. The van der Waals surface area contributed by atoms with Gasteiger partial charge in [-0.25, -0.2) is 9.37 Å². The molecule has 0 saturated carbocycles. The van der Waals surface area contributed by atoms with Crippen molar-refractivity contribution in [2.75, 3.05) is 11.1 Å². The van der Waals surface area contributed by atoms with Crippen LogP contribution in [0, 0.1) is 12.7 Å². The number of imidazole rings is 1. The van der Waals surface area contributed by atoms with Crippen LogP contribution in [0.2, 0.25) is 0 Å². The number of halogens is 1. The number of thioether (sulfide) groups is 1. The summed E-state index contributed by atoms with van der Waals surface area (Å²) < 4.78 is 15.4. The van der Waals surface area contributed by atoms with Gasteiger partial charge in [0.05, 0.1) is 17.6 Å². The molecular weight excluding hydrogens is 397 g/mol. The van der Waals surface area contributed by atoms with Crippen molar-refractivity contribution in [1.29, 1.82) is 0 Å². The first-order valence-electron chi connectivity index (χ1n) is 9.48. The predicted octanol–water partition coefficient (Wildman–Crippen LogP) is 5.72. The minimum Gasteiger partial charge on any atom is -0.325 e. The number of nitrogens with zero attached hydrogens (tertiary/aromatic N) is 2. The largest absolute Gasteiger partial charge is 0.325 e. The van der Waals surface area contributed by atoms with Crippen molar-refractivity contribution in [1.82, 2.24) is 9.55 Å². The summed E-state index contributed by atoms with van der Waals surface area (Å²) in [6.07, 6.45) is 1.78. The molecule has 0 bridgehead atoms. The van der Waals surface area contributed by atoms with Gasteiger partial charge in [-0.1, -0.05) is 59.8 Å². The number of rotatable bonds is 6. The van der Waals surface area contributed by atoms with Crippen molar-refractivity contribution >= 4 is 23.4 Å². The lowest BCUT2D eigenvalue weighted by Crippen LogP contribution is -2.14. The smallest absolute Gasteiger partial charge is 0.234 e. The van der Waals surface area contributed by atoms with E-state index in [0.29, 0.717) is 5.16 Å². The van der Waals surface area contributed by atoms with E-state index in [0.717, 1.165) is 28.2 Å². The van der Waals surface area contributed by atoms with Crippen LogP contribution < -0.4 is 5.32 Å². The average Bonchev–Trinajstić information content (AvgIpc) is 3.19. The van der Waals surface area contributed by atoms with Crippen molar-refractivity contribution in [3.8, 4) is 16.9 Å². The Balaban J connectivity index is 1.58. The summed E-state index contributed by atoms with van der Waals surface area (Å²) in [6.45, 7) is 2.00. The Morgan fingerprint density at radius 2 is 1.70 bits per heavy atom. The highest BCUT2D eigenvalue weighted by atomic mass is 32.2. The van der Waals surface area contributed by atoms with Gasteiger partial charge in [0.1, 0.15) is 5.82 Å². The van der Waals surface area contributed by atoms with Crippen molar-refractivity contribution < 1.29 is 9.18 Å². The summed E-state index contributed by atoms with van der Waals surface area (Å²) in [5.41, 5.74) is 4.55. The zero-order valence-electron chi connectivity index (χ0n) is 16.4. The second-order valence-corrected chi connectivity index (χ2v) is 7.75. The fourth-order valence-electron chi connectivity index (χ4n) is 3.05. The topological polar surface area (TPSA) is 46.9 Å². The van der Waals surface area contributed by atoms with E-state index in [9.17, 15) is 9.18 Å². The second kappa shape index (κ2) is 8.97. The van der Waals surface area contributed by atoms with Crippen LogP contribution in [0.15, 0.2) is 90.2 Å². The van der Waals surface area contributed by atoms with Gasteiger partial charge in [0.25, 0.3) is 0 Å². The number of hydrogen-bond donors (Lipinski definition) is 1. The lowest BCUT2D eigenvalue weighted by atomic mass is 10.1. The van der Waals surface area contributed by atoms with Crippen LogP contribution in [-0.4, -0.2) is 21.2 Å². The molecule has 150 valence electrons. The van der Waals surface area contributed by atoms with Crippen LogP contribution in [0.1, 0.15) is 5.56 Å². The standard InChI is InChI=1S/C24H20FN3OS/c1-17-7-11-20(12-8-17)27-23(29)16-30-24-26-15-22(18-5-3-2-4-6-18)28(24)21-13-9-19(25)10-14-21/h2-15H,16H2,1H3,(H,27,29). The molecule has 0 aliphatic rings. The van der Waals surface area contributed by atoms with Gasteiger partial charge in [-0.15, -0.1) is 0 Å². The molecule has 4 rings (SSSR count). The Labute approximate surface area is 178 Å². The summed E-state index contributed by atoms with van der Waals surface area (Å²) in [6, 6.07) is 23.8. The highest BCUT2D eigenvalue weighted by Crippen LogP contribution is 2.30. The van der Waals surface area contributed by atoms with Gasteiger partial charge in [-0.05, 0) is 43.3 Å². The normalized spacial score (nSPS) is 10.7. The van der Waals surface area contributed by atoms with Crippen molar-refractivity contribution in [3.05, 3.63) is 96.4 Å². The summed E-state index contributed by atoms with van der Waals surface area (Å²) in [4.78, 5) is 17.0. The Bertz CT molecular complexity index is 1140. The third kappa shape index (κ3) is 4.60. The summed E-state index contributed by atoms with van der Waals surface area (Å²) >= 11 is 1.34. The molecule has 6 heteroatoms. The van der Waals surface area contributed by atoms with Crippen LogP contribution in [0.3, 0.4) is 0 Å². The van der Waals surface area contributed by atoms with E-state index >= 15 is 0 Å². The Kier molecular flexibility index (Phi) is 5.95. The molecule has 1 N–H and O–H groups in total. The van der Waals surface area contributed by atoms with Crippen molar-refractivity contribution in [2.45, 2.75) is 12.1 Å². The molecule has 4 aromatic rings. The van der Waals surface area contributed by atoms with Gasteiger partial charge in [0, 0.05) is 16.9 Å². The maximum absolute atomic E-state index is 13.5. The molecule has 0 unspecified atom stereocenters. The number of nitrogens with one attached hydrogen (secondary N) is 1. The fourth-order valence-corrected chi connectivity index (χ4v) is 3.85. The van der Waals surface area contributed by atoms with E-state index in [1.807, 2.05) is 66.1 Å². The number of aryl methyl sites for hydroxylation is 1. The van der Waals surface area contributed by atoms with Crippen molar-refractivity contribution in [2.24, 2.45) is 0 Å². The molecule has 1 aromatic heterocycles. The highest BCUT2D eigenvalue weighted by molar-refractivity contribution is 7.99. The lowest BCUT2D eigenvalue weighted by Gasteiger charge is -2.12. The number of benzene rings is 3. The van der Waals surface area contributed by atoms with E-state index in [1.165, 1.54) is 23.9 Å². The van der Waals surface area contributed by atoms with E-state index in [1.54, 1.807) is 18.3 Å². The number of carbonyl (C=O) groups is 1. The third-order valence-electron chi connectivity index (χ3n) is 4.55. The zero-order valence-corrected chi connectivity index (χ0v) is 17.2. The zero-order chi connectivity index (χ0) is 20.9. The molecule has 0 aliphatic carbocycles. The molecule has 0 atom stereocenters. The Hall–Kier alpha value is -3.38. The minimum absolute atomic E-state index is 0.112. The molecule has 1 amide bonds. The van der Waals surface area contributed by atoms with Crippen molar-refractivity contribution in [3.63, 3.8) is 0 Å². The highest BCUT2D eigenvalue weighted by Gasteiger charge is 2.15. The minimum atomic E-state index is -0.299. The van der Waals surface area contributed by atoms with Crippen LogP contribution in [0.25, 0.3) is 16.9 Å². The predicted molar refractivity (Wildman–Crippen MR) is 119 cm³/mol. The average molecular weight is 418 g/mol. The van der Waals surface area contributed by atoms with Crippen LogP contribution in [-0.2, 0) is 4.79 Å². The number of aromatic nitrogens is 2. The molecule has 3 aromatic carbocycles. The van der Waals surface area contributed by atoms with Crippen LogP contribution >= 0.6 is 11.8 Å². The first-order valence-corrected chi connectivity index (χ1v) is 10.5. The van der Waals surface area contributed by atoms with Gasteiger partial charge in [-0.2, -0.15) is 0 Å². The monoisotopic (exact) mass is 417 g/mol. The fraction of sp³-hybridized carbons (Fsp3) is 0.0833. The van der Waals surface area contributed by atoms with E-state index in [4.69, 9.17) is 0 Å². The Morgan fingerprint density at radius 3 is 2.40 bits per heavy atom. The molecule has 0 fully saturated rings. The summed E-state index contributed by atoms with van der Waals surface area (Å²) in [5, 5.41) is 3.56. The van der Waals surface area contributed by atoms with E-state index in [2.05, 4.69) is 10.3 Å². The molecule has 0 spiro atoms. The number of amides is 1. The number of hydrogen-bond acceptors (Lipinski definition) is 3. The van der Waals surface area contributed by atoms with Crippen LogP contribution in [0.4, 0.5) is 10.1 Å². The quantitative estimate of drug-likeness (QED) is 0.408. The van der Waals surface area contributed by atoms with Crippen LogP contribution in [0.5, 0.6) is 0 Å². The maximum atomic E-state index is 13.5. The third-order valence-corrected chi connectivity index (χ3v) is 5.50. The summed E-state index contributed by atoms with van der Waals surface area (Å²) in [5.74, 6) is -0.203.